The van der Waals surface area contributed by atoms with Crippen LogP contribution in [0.3, 0.4) is 0 Å². The minimum Gasteiger partial charge on any atom is -0.496 e. The van der Waals surface area contributed by atoms with Crippen molar-refractivity contribution in [2.24, 2.45) is 5.92 Å². The molecular formula is C22H29F3N4O2. The molecule has 2 aromatic rings. The van der Waals surface area contributed by atoms with Crippen LogP contribution in [0.5, 0.6) is 5.75 Å². The van der Waals surface area contributed by atoms with Crippen LogP contribution in [0, 0.1) is 5.92 Å². The molecule has 1 aliphatic rings. The molecule has 170 valence electrons. The third-order valence-electron chi connectivity index (χ3n) is 5.36. The summed E-state index contributed by atoms with van der Waals surface area (Å²) in [4.78, 5) is 12.3. The molecule has 3 rings (SSSR count). The van der Waals surface area contributed by atoms with Gasteiger partial charge in [-0.1, -0.05) is 19.9 Å². The van der Waals surface area contributed by atoms with Gasteiger partial charge in [0.25, 0.3) is 0 Å². The predicted octanol–water partition coefficient (Wildman–Crippen LogP) is 4.48. The molecule has 0 spiro atoms. The average Bonchev–Trinajstić information content (AvgIpc) is 3.48. The second kappa shape index (κ2) is 9.70. The van der Waals surface area contributed by atoms with E-state index >= 15 is 0 Å². The number of carbonyl (C=O) groups excluding carboxylic acids is 1. The number of aromatic nitrogens is 3. The highest BCUT2D eigenvalue weighted by atomic mass is 19.4. The van der Waals surface area contributed by atoms with Gasteiger partial charge >= 0.3 is 6.18 Å². The molecule has 1 fully saturated rings. The monoisotopic (exact) mass is 438 g/mol. The van der Waals surface area contributed by atoms with Crippen LogP contribution in [-0.2, 0) is 30.4 Å². The number of hydrogen-bond acceptors (Lipinski definition) is 4. The highest BCUT2D eigenvalue weighted by molar-refractivity contribution is 5.76. The molecule has 0 saturated heterocycles. The van der Waals surface area contributed by atoms with E-state index in [1.165, 1.54) is 13.2 Å². The van der Waals surface area contributed by atoms with Gasteiger partial charge in [-0.05, 0) is 37.3 Å². The van der Waals surface area contributed by atoms with E-state index in [9.17, 15) is 18.0 Å². The predicted molar refractivity (Wildman–Crippen MR) is 110 cm³/mol. The normalized spacial score (nSPS) is 14.2. The summed E-state index contributed by atoms with van der Waals surface area (Å²) < 4.78 is 45.8. The lowest BCUT2D eigenvalue weighted by molar-refractivity contribution is -0.137. The van der Waals surface area contributed by atoms with Crippen molar-refractivity contribution in [3.8, 4) is 5.75 Å². The van der Waals surface area contributed by atoms with Crippen LogP contribution < -0.4 is 10.1 Å². The summed E-state index contributed by atoms with van der Waals surface area (Å²) in [5.74, 6) is 2.29. The number of benzene rings is 1. The number of ether oxygens (including phenoxy) is 1. The van der Waals surface area contributed by atoms with Gasteiger partial charge in [-0.3, -0.25) is 4.79 Å². The molecule has 0 radical (unpaired) electrons. The second-order valence-electron chi connectivity index (χ2n) is 8.37. The first-order valence-corrected chi connectivity index (χ1v) is 10.6. The van der Waals surface area contributed by atoms with Gasteiger partial charge in [0.05, 0.1) is 12.7 Å². The van der Waals surface area contributed by atoms with Gasteiger partial charge in [0.1, 0.15) is 17.4 Å². The molecule has 1 heterocycles. The van der Waals surface area contributed by atoms with E-state index in [0.717, 1.165) is 49.5 Å². The minimum absolute atomic E-state index is 0.0924. The Balaban J connectivity index is 1.56. The van der Waals surface area contributed by atoms with Gasteiger partial charge in [0.2, 0.25) is 5.91 Å². The fourth-order valence-electron chi connectivity index (χ4n) is 3.45. The number of alkyl halides is 3. The molecule has 0 atom stereocenters. The molecular weight excluding hydrogens is 409 g/mol. The Hall–Kier alpha value is -2.58. The van der Waals surface area contributed by atoms with Crippen LogP contribution in [-0.4, -0.2) is 27.8 Å². The first-order chi connectivity index (χ1) is 14.7. The SMILES string of the molecule is COc1cc(C(F)(F)F)ccc1CNC(=O)CCc1nnc(CCC(C)C)n1C1CC1. The zero-order valence-corrected chi connectivity index (χ0v) is 18.1. The number of methoxy groups -OCH3 is 1. The molecule has 9 heteroatoms. The lowest BCUT2D eigenvalue weighted by Gasteiger charge is -2.13. The number of carbonyl (C=O) groups is 1. The van der Waals surface area contributed by atoms with E-state index in [-0.39, 0.29) is 24.6 Å². The fraction of sp³-hybridized carbons (Fsp3) is 0.591. The van der Waals surface area contributed by atoms with E-state index in [4.69, 9.17) is 4.74 Å². The maximum Gasteiger partial charge on any atom is 0.416 e. The molecule has 1 amide bonds. The highest BCUT2D eigenvalue weighted by Crippen LogP contribution is 2.37. The van der Waals surface area contributed by atoms with Crippen molar-refractivity contribution in [1.29, 1.82) is 0 Å². The zero-order valence-electron chi connectivity index (χ0n) is 18.1. The summed E-state index contributed by atoms with van der Waals surface area (Å²) >= 11 is 0. The number of nitrogens with one attached hydrogen (secondary N) is 1. The maximum atomic E-state index is 12.9. The number of hydrogen-bond donors (Lipinski definition) is 1. The van der Waals surface area contributed by atoms with Crippen LogP contribution in [0.1, 0.15) is 68.3 Å². The number of nitrogens with zero attached hydrogens (tertiary/aromatic N) is 3. The second-order valence-corrected chi connectivity index (χ2v) is 8.37. The Morgan fingerprint density at radius 2 is 1.90 bits per heavy atom. The molecule has 0 unspecified atom stereocenters. The lowest BCUT2D eigenvalue weighted by atomic mass is 10.1. The van der Waals surface area contributed by atoms with E-state index in [0.29, 0.717) is 23.9 Å². The number of aryl methyl sites for hydroxylation is 2. The lowest BCUT2D eigenvalue weighted by Crippen LogP contribution is -2.24. The fourth-order valence-corrected chi connectivity index (χ4v) is 3.45. The van der Waals surface area contributed by atoms with E-state index in [1.807, 2.05) is 0 Å². The summed E-state index contributed by atoms with van der Waals surface area (Å²) in [6.45, 7) is 4.44. The molecule has 1 saturated carbocycles. The Kier molecular flexibility index (Phi) is 7.23. The third kappa shape index (κ3) is 6.21. The largest absolute Gasteiger partial charge is 0.496 e. The smallest absolute Gasteiger partial charge is 0.416 e. The van der Waals surface area contributed by atoms with Gasteiger partial charge in [-0.25, -0.2) is 0 Å². The standard InChI is InChI=1S/C22H29F3N4O2/c1-14(2)4-9-19-27-28-20(29(19)17-7-8-17)10-11-21(30)26-13-15-5-6-16(22(23,24)25)12-18(15)31-3/h5-6,12,14,17H,4,7-11,13H2,1-3H3,(H,26,30). The quantitative estimate of drug-likeness (QED) is 0.594. The molecule has 1 aliphatic carbocycles. The van der Waals surface area contributed by atoms with E-state index in [1.54, 1.807) is 0 Å². The first-order valence-electron chi connectivity index (χ1n) is 10.6. The molecule has 1 N–H and O–H groups in total. The molecule has 0 bridgehead atoms. The number of rotatable bonds is 10. The minimum atomic E-state index is -4.44. The summed E-state index contributed by atoms with van der Waals surface area (Å²) in [7, 11) is 1.31. The van der Waals surface area contributed by atoms with Crippen molar-refractivity contribution in [1.82, 2.24) is 20.1 Å². The maximum absolute atomic E-state index is 12.9. The van der Waals surface area contributed by atoms with Crippen LogP contribution >= 0.6 is 0 Å². The average molecular weight is 438 g/mol. The van der Waals surface area contributed by atoms with Gasteiger partial charge in [-0.2, -0.15) is 13.2 Å². The Labute approximate surface area is 180 Å². The summed E-state index contributed by atoms with van der Waals surface area (Å²) in [6.07, 6.45) is 0.403. The van der Waals surface area contributed by atoms with Crippen LogP contribution in [0.15, 0.2) is 18.2 Å². The molecule has 0 aliphatic heterocycles. The van der Waals surface area contributed by atoms with Crippen molar-refractivity contribution < 1.29 is 22.7 Å². The van der Waals surface area contributed by atoms with Gasteiger partial charge in [0, 0.05) is 37.4 Å². The van der Waals surface area contributed by atoms with E-state index < -0.39 is 11.7 Å². The first kappa shape index (κ1) is 23.1. The third-order valence-corrected chi connectivity index (χ3v) is 5.36. The van der Waals surface area contributed by atoms with Crippen molar-refractivity contribution in [2.45, 2.75) is 71.1 Å². The molecule has 1 aromatic carbocycles. The number of halogens is 3. The van der Waals surface area contributed by atoms with Crippen LogP contribution in [0.25, 0.3) is 0 Å². The summed E-state index contributed by atoms with van der Waals surface area (Å²) in [6, 6.07) is 3.69. The zero-order chi connectivity index (χ0) is 22.6. The molecule has 6 nitrogen and oxygen atoms in total. The summed E-state index contributed by atoms with van der Waals surface area (Å²) in [5, 5.41) is 11.4. The van der Waals surface area contributed by atoms with Gasteiger partial charge < -0.3 is 14.6 Å². The topological polar surface area (TPSA) is 69.0 Å². The van der Waals surface area contributed by atoms with Gasteiger partial charge in [-0.15, -0.1) is 10.2 Å². The van der Waals surface area contributed by atoms with E-state index in [2.05, 4.69) is 33.9 Å². The highest BCUT2D eigenvalue weighted by Gasteiger charge is 2.31. The molecule has 1 aromatic heterocycles. The Morgan fingerprint density at radius 3 is 2.48 bits per heavy atom. The van der Waals surface area contributed by atoms with Gasteiger partial charge in [0.15, 0.2) is 0 Å². The number of amides is 1. The summed E-state index contributed by atoms with van der Waals surface area (Å²) in [5.41, 5.74) is -0.298. The van der Waals surface area contributed by atoms with Crippen LogP contribution in [0.4, 0.5) is 13.2 Å². The van der Waals surface area contributed by atoms with Crippen molar-refractivity contribution in [3.05, 3.63) is 41.0 Å². The van der Waals surface area contributed by atoms with Crippen molar-refractivity contribution in [2.75, 3.05) is 7.11 Å². The van der Waals surface area contributed by atoms with Crippen molar-refractivity contribution >= 4 is 5.91 Å². The van der Waals surface area contributed by atoms with Crippen molar-refractivity contribution in [3.63, 3.8) is 0 Å². The Bertz CT molecular complexity index is 905. The molecule has 31 heavy (non-hydrogen) atoms. The Morgan fingerprint density at radius 1 is 1.23 bits per heavy atom. The van der Waals surface area contributed by atoms with Crippen LogP contribution in [0.2, 0.25) is 0 Å².